The van der Waals surface area contributed by atoms with Crippen LogP contribution in [0.3, 0.4) is 0 Å². The van der Waals surface area contributed by atoms with Crippen molar-refractivity contribution in [2.24, 2.45) is 0 Å². The van der Waals surface area contributed by atoms with Gasteiger partial charge in [-0.25, -0.2) is 14.4 Å². The summed E-state index contributed by atoms with van der Waals surface area (Å²) in [5, 5.41) is 10.2. The third-order valence-corrected chi connectivity index (χ3v) is 10.0. The Bertz CT molecular complexity index is 1910. The summed E-state index contributed by atoms with van der Waals surface area (Å²) < 4.78 is 28.7. The Labute approximate surface area is 285 Å². The molecule has 2 aromatic heterocycles. The molecule has 0 bridgehead atoms. The summed E-state index contributed by atoms with van der Waals surface area (Å²) in [6, 6.07) is 16.4. The number of hydrogen-bond donors (Lipinski definition) is 1. The fourth-order valence-corrected chi connectivity index (χ4v) is 7.20. The van der Waals surface area contributed by atoms with Crippen molar-refractivity contribution in [1.82, 2.24) is 29.1 Å². The summed E-state index contributed by atoms with van der Waals surface area (Å²) >= 11 is 0. The number of halogens is 1. The van der Waals surface area contributed by atoms with Crippen LogP contribution in [0.5, 0.6) is 11.5 Å². The van der Waals surface area contributed by atoms with Crippen LogP contribution in [0.2, 0.25) is 0 Å². The number of piperazine rings is 1. The van der Waals surface area contributed by atoms with Gasteiger partial charge >= 0.3 is 0 Å². The second-order valence-corrected chi connectivity index (χ2v) is 13.5. The minimum Gasteiger partial charge on any atom is -0.457 e. The number of amides is 1. The molecule has 1 amide bonds. The average Bonchev–Trinajstić information content (AvgIpc) is 3.69. The number of rotatable bonds is 9. The molecular weight excluding hydrogens is 623 g/mol. The van der Waals surface area contributed by atoms with Crippen LogP contribution in [0.25, 0.3) is 16.8 Å². The van der Waals surface area contributed by atoms with E-state index in [9.17, 15) is 10.1 Å². The Hall–Kier alpha value is -4.83. The zero-order valence-electron chi connectivity index (χ0n) is 27.9. The number of benzene rings is 2. The smallest absolute Gasteiger partial charge is 0.264 e. The predicted molar refractivity (Wildman–Crippen MR) is 183 cm³/mol. The second kappa shape index (κ2) is 13.6. The quantitative estimate of drug-likeness (QED) is 0.201. The fourth-order valence-electron chi connectivity index (χ4n) is 7.20. The summed E-state index contributed by atoms with van der Waals surface area (Å²) in [5.41, 5.74) is 7.15. The van der Waals surface area contributed by atoms with Crippen molar-refractivity contribution in [2.45, 2.75) is 50.7 Å². The lowest BCUT2D eigenvalue weighted by molar-refractivity contribution is -0.127. The maximum Gasteiger partial charge on any atom is 0.264 e. The van der Waals surface area contributed by atoms with Crippen LogP contribution < -0.4 is 10.5 Å². The molecule has 3 fully saturated rings. The number of hydrogen-bond acceptors (Lipinski definition) is 9. The fraction of sp³-hybridized carbons (Fsp3) is 0.405. The topological polar surface area (TPSA) is 125 Å². The number of fused-ring (bicyclic) bond motifs is 1. The highest BCUT2D eigenvalue weighted by molar-refractivity contribution is 5.98. The Morgan fingerprint density at radius 1 is 1.12 bits per heavy atom. The Morgan fingerprint density at radius 3 is 2.59 bits per heavy atom. The molecule has 0 spiro atoms. The van der Waals surface area contributed by atoms with Crippen molar-refractivity contribution in [3.63, 3.8) is 0 Å². The number of imidazole rings is 1. The van der Waals surface area contributed by atoms with E-state index in [4.69, 9.17) is 20.2 Å². The van der Waals surface area contributed by atoms with Crippen LogP contribution in [0.4, 0.5) is 10.2 Å². The number of nitrogen functional groups attached to an aromatic ring is 1. The number of likely N-dealkylation sites (tertiary alicyclic amines) is 1. The van der Waals surface area contributed by atoms with Gasteiger partial charge in [-0.3, -0.25) is 19.0 Å². The van der Waals surface area contributed by atoms with E-state index in [1.165, 1.54) is 6.07 Å². The Balaban J connectivity index is 1.11. The highest BCUT2D eigenvalue weighted by Gasteiger charge is 2.36. The normalized spacial score (nSPS) is 19.6. The van der Waals surface area contributed by atoms with Gasteiger partial charge < -0.3 is 20.1 Å². The van der Waals surface area contributed by atoms with E-state index in [0.717, 1.165) is 52.2 Å². The molecule has 49 heavy (non-hydrogen) atoms. The molecule has 3 aliphatic heterocycles. The van der Waals surface area contributed by atoms with Crippen LogP contribution in [-0.4, -0.2) is 98.5 Å². The van der Waals surface area contributed by atoms with Gasteiger partial charge in [0.25, 0.3) is 5.91 Å². The first-order valence-electron chi connectivity index (χ1n) is 16.9. The van der Waals surface area contributed by atoms with Crippen molar-refractivity contribution in [1.29, 1.82) is 5.26 Å². The predicted octanol–water partition coefficient (Wildman–Crippen LogP) is 4.69. The third-order valence-electron chi connectivity index (χ3n) is 10.0. The summed E-state index contributed by atoms with van der Waals surface area (Å²) in [6.07, 6.45) is 7.14. The Morgan fingerprint density at radius 2 is 1.90 bits per heavy atom. The number of aromatic nitrogens is 3. The summed E-state index contributed by atoms with van der Waals surface area (Å²) in [5.74, 6) is 1.03. The highest BCUT2D eigenvalue weighted by Crippen LogP contribution is 2.34. The van der Waals surface area contributed by atoms with Crippen molar-refractivity contribution in [3.8, 4) is 28.8 Å². The van der Waals surface area contributed by atoms with E-state index in [-0.39, 0.29) is 28.9 Å². The number of anilines is 1. The molecule has 11 nitrogen and oxygen atoms in total. The summed E-state index contributed by atoms with van der Waals surface area (Å²) in [7, 11) is 0. The standard InChI is InChI=1S/C37H41FN8O3/c1-37(2,44-17-15-43(16-18-44)27-23-48-24-27)21-25(22-39)36(47)45-13-6-7-26(45)19-32-42-33(34-35(40)41-12-14-46(32)34)30-11-10-29(20-31(30)38)49-28-8-4-3-5-9-28/h3-5,8-12,14,20-21,26-27H,6-7,13,15-19,23-24H2,1-2H3,(H2,40,41). The van der Waals surface area contributed by atoms with E-state index in [1.807, 2.05) is 28.7 Å². The molecule has 1 unspecified atom stereocenters. The first-order chi connectivity index (χ1) is 23.7. The van der Waals surface area contributed by atoms with E-state index in [2.05, 4.69) is 34.7 Å². The van der Waals surface area contributed by atoms with Gasteiger partial charge in [-0.1, -0.05) is 18.2 Å². The number of ether oxygens (including phenoxy) is 2. The maximum atomic E-state index is 15.7. The molecule has 3 saturated heterocycles. The molecule has 4 aromatic rings. The number of carbonyl (C=O) groups excluding carboxylic acids is 1. The van der Waals surface area contributed by atoms with Crippen molar-refractivity contribution in [2.75, 3.05) is 51.7 Å². The lowest BCUT2D eigenvalue weighted by Gasteiger charge is -2.46. The zero-order chi connectivity index (χ0) is 34.1. The van der Waals surface area contributed by atoms with Crippen LogP contribution in [-0.2, 0) is 16.0 Å². The van der Waals surface area contributed by atoms with Gasteiger partial charge in [0.1, 0.15) is 51.8 Å². The van der Waals surface area contributed by atoms with Crippen molar-refractivity contribution >= 4 is 17.2 Å². The van der Waals surface area contributed by atoms with Gasteiger partial charge in [-0.05, 0) is 57.0 Å². The maximum absolute atomic E-state index is 15.7. The SMILES string of the molecule is CC(C)(C=C(C#N)C(=O)N1CCCC1Cc1nc(-c2ccc(Oc3ccccc3)cc2F)c2c(N)nccn12)N1CCN(C2COC2)CC1. The third kappa shape index (κ3) is 6.62. The van der Waals surface area contributed by atoms with Gasteiger partial charge in [0.2, 0.25) is 0 Å². The van der Waals surface area contributed by atoms with Gasteiger partial charge in [0.05, 0.1) is 19.3 Å². The molecular formula is C37H41FN8O3. The molecule has 5 heterocycles. The van der Waals surface area contributed by atoms with Crippen molar-refractivity contribution < 1.29 is 18.7 Å². The minimum absolute atomic E-state index is 0.147. The molecule has 254 valence electrons. The lowest BCUT2D eigenvalue weighted by atomic mass is 9.97. The number of nitrogens with zero attached hydrogens (tertiary/aromatic N) is 7. The monoisotopic (exact) mass is 664 g/mol. The van der Waals surface area contributed by atoms with Gasteiger partial charge in [0, 0.05) is 74.7 Å². The largest absolute Gasteiger partial charge is 0.457 e. The first-order valence-corrected chi connectivity index (χ1v) is 16.9. The summed E-state index contributed by atoms with van der Waals surface area (Å²) in [4.78, 5) is 29.7. The van der Waals surface area contributed by atoms with Gasteiger partial charge in [-0.2, -0.15) is 5.26 Å². The van der Waals surface area contributed by atoms with Crippen LogP contribution in [0, 0.1) is 17.1 Å². The van der Waals surface area contributed by atoms with E-state index < -0.39 is 11.4 Å². The molecule has 0 saturated carbocycles. The molecule has 7 rings (SSSR count). The summed E-state index contributed by atoms with van der Waals surface area (Å²) in [6.45, 7) is 9.85. The van der Waals surface area contributed by atoms with E-state index in [0.29, 0.717) is 47.5 Å². The zero-order valence-corrected chi connectivity index (χ0v) is 27.9. The molecule has 3 aliphatic rings. The number of para-hydroxylation sites is 1. The molecule has 1 atom stereocenters. The molecule has 12 heteroatoms. The highest BCUT2D eigenvalue weighted by atomic mass is 19.1. The van der Waals surface area contributed by atoms with Crippen molar-refractivity contribution in [3.05, 3.63) is 84.2 Å². The number of nitrogens with two attached hydrogens (primary N) is 1. The molecule has 2 aromatic carbocycles. The number of carbonyl (C=O) groups is 1. The van der Waals surface area contributed by atoms with E-state index >= 15 is 4.39 Å². The van der Waals surface area contributed by atoms with E-state index in [1.54, 1.807) is 41.6 Å². The minimum atomic E-state index is -0.509. The Kier molecular flexibility index (Phi) is 9.07. The molecule has 0 aliphatic carbocycles. The van der Waals surface area contributed by atoms with Crippen LogP contribution >= 0.6 is 0 Å². The van der Waals surface area contributed by atoms with Crippen LogP contribution in [0.1, 0.15) is 32.5 Å². The molecule has 0 radical (unpaired) electrons. The van der Waals surface area contributed by atoms with Gasteiger partial charge in [0.15, 0.2) is 0 Å². The second-order valence-electron chi connectivity index (χ2n) is 13.5. The van der Waals surface area contributed by atoms with Crippen LogP contribution in [0.15, 0.2) is 72.6 Å². The lowest BCUT2D eigenvalue weighted by Crippen LogP contribution is -2.59. The average molecular weight is 665 g/mol. The molecule has 2 N–H and O–H groups in total. The number of nitriles is 1. The van der Waals surface area contributed by atoms with Gasteiger partial charge in [-0.15, -0.1) is 0 Å². The first kappa shape index (κ1) is 32.7.